The molecule has 0 fully saturated rings. The molecule has 0 aliphatic rings. The van der Waals surface area contributed by atoms with Gasteiger partial charge < -0.3 is 14.3 Å². The molecule has 0 aliphatic carbocycles. The average molecular weight is 406 g/mol. The van der Waals surface area contributed by atoms with Gasteiger partial charge in [-0.1, -0.05) is 12.1 Å². The van der Waals surface area contributed by atoms with Gasteiger partial charge in [-0.3, -0.25) is 4.57 Å². The molecule has 0 saturated heterocycles. The molecule has 0 bridgehead atoms. The van der Waals surface area contributed by atoms with Crippen LogP contribution in [-0.2, 0) is 11.3 Å². The van der Waals surface area contributed by atoms with Gasteiger partial charge in [0.25, 0.3) is 0 Å². The first-order valence-corrected chi connectivity index (χ1v) is 8.51. The van der Waals surface area contributed by atoms with Crippen molar-refractivity contribution in [1.29, 1.82) is 0 Å². The van der Waals surface area contributed by atoms with Crippen molar-refractivity contribution in [2.24, 2.45) is 0 Å². The van der Waals surface area contributed by atoms with Crippen molar-refractivity contribution in [2.75, 3.05) is 6.61 Å². The summed E-state index contributed by atoms with van der Waals surface area (Å²) in [6.45, 7) is 2.31. The Labute approximate surface area is 151 Å². The fourth-order valence-corrected chi connectivity index (χ4v) is 3.16. The molecule has 0 atom stereocenters. The summed E-state index contributed by atoms with van der Waals surface area (Å²) in [6, 6.07) is 10.4. The lowest BCUT2D eigenvalue weighted by Crippen LogP contribution is -2.16. The van der Waals surface area contributed by atoms with Crippen LogP contribution < -0.4 is 5.76 Å². The van der Waals surface area contributed by atoms with Gasteiger partial charge in [0.2, 0.25) is 0 Å². The molecule has 130 valence electrons. The number of carbonyl (C=O) groups is 1. The standard InChI is InChI=1S/C18H16BrNO5/c1-11-9-12(16(21)13(19)10-11)17(22)24-8-4-7-20-14-5-2-3-6-15(14)25-18(20)23/h2-3,5-6,9-10,21H,4,7-8H2,1H3. The van der Waals surface area contributed by atoms with Crippen LogP contribution in [0.5, 0.6) is 5.75 Å². The number of esters is 1. The molecule has 3 rings (SSSR count). The van der Waals surface area contributed by atoms with E-state index in [-0.39, 0.29) is 17.9 Å². The highest BCUT2D eigenvalue weighted by Crippen LogP contribution is 2.29. The molecule has 25 heavy (non-hydrogen) atoms. The minimum atomic E-state index is -0.605. The molecule has 0 spiro atoms. The third kappa shape index (κ3) is 3.61. The summed E-state index contributed by atoms with van der Waals surface area (Å²) in [6.07, 6.45) is 0.447. The van der Waals surface area contributed by atoms with E-state index in [1.807, 2.05) is 13.0 Å². The number of phenolic OH excluding ortho intramolecular Hbond substituents is 1. The molecular weight excluding hydrogens is 390 g/mol. The van der Waals surface area contributed by atoms with E-state index in [0.717, 1.165) is 5.56 Å². The highest BCUT2D eigenvalue weighted by molar-refractivity contribution is 9.10. The Morgan fingerprint density at radius 3 is 2.88 bits per heavy atom. The highest BCUT2D eigenvalue weighted by atomic mass is 79.9. The quantitative estimate of drug-likeness (QED) is 0.517. The van der Waals surface area contributed by atoms with Crippen molar-refractivity contribution in [3.8, 4) is 5.75 Å². The van der Waals surface area contributed by atoms with Crippen LogP contribution >= 0.6 is 15.9 Å². The zero-order valence-electron chi connectivity index (χ0n) is 13.5. The number of fused-ring (bicyclic) bond motifs is 1. The van der Waals surface area contributed by atoms with Crippen LogP contribution in [0.25, 0.3) is 11.1 Å². The second-order valence-electron chi connectivity index (χ2n) is 5.62. The Balaban J connectivity index is 1.63. The van der Waals surface area contributed by atoms with Crippen molar-refractivity contribution in [3.63, 3.8) is 0 Å². The SMILES string of the molecule is Cc1cc(Br)c(O)c(C(=O)OCCCn2c(=O)oc3ccccc32)c1. The van der Waals surface area contributed by atoms with Crippen molar-refractivity contribution >= 4 is 33.0 Å². The van der Waals surface area contributed by atoms with Gasteiger partial charge in [-0.2, -0.15) is 0 Å². The molecule has 0 aliphatic heterocycles. The first-order valence-electron chi connectivity index (χ1n) is 7.72. The summed E-state index contributed by atoms with van der Waals surface area (Å²) in [5.41, 5.74) is 2.17. The normalized spacial score (nSPS) is 11.0. The number of nitrogens with zero attached hydrogens (tertiary/aromatic N) is 1. The van der Waals surface area contributed by atoms with Crippen molar-refractivity contribution in [3.05, 3.63) is 62.5 Å². The third-order valence-electron chi connectivity index (χ3n) is 3.76. The van der Waals surface area contributed by atoms with Crippen LogP contribution in [0.3, 0.4) is 0 Å². The van der Waals surface area contributed by atoms with Crippen LogP contribution in [0.15, 0.2) is 50.1 Å². The Kier molecular flexibility index (Phi) is 4.94. The molecule has 0 radical (unpaired) electrons. The number of halogens is 1. The lowest BCUT2D eigenvalue weighted by atomic mass is 10.1. The maximum Gasteiger partial charge on any atom is 0.419 e. The number of carbonyl (C=O) groups excluding carboxylic acids is 1. The molecule has 3 aromatic rings. The molecule has 1 heterocycles. The predicted octanol–water partition coefficient (Wildman–Crippen LogP) is 3.62. The molecular formula is C18H16BrNO5. The van der Waals surface area contributed by atoms with Crippen LogP contribution in [0, 0.1) is 6.92 Å². The lowest BCUT2D eigenvalue weighted by molar-refractivity contribution is 0.0492. The fourth-order valence-electron chi connectivity index (χ4n) is 2.58. The Hall–Kier alpha value is -2.54. The zero-order valence-corrected chi connectivity index (χ0v) is 15.1. The van der Waals surface area contributed by atoms with Crippen LogP contribution in [-0.4, -0.2) is 22.2 Å². The molecule has 0 amide bonds. The van der Waals surface area contributed by atoms with E-state index in [2.05, 4.69) is 15.9 Å². The maximum absolute atomic E-state index is 12.1. The molecule has 6 nitrogen and oxygen atoms in total. The van der Waals surface area contributed by atoms with Gasteiger partial charge in [-0.25, -0.2) is 9.59 Å². The summed E-state index contributed by atoms with van der Waals surface area (Å²) < 4.78 is 12.3. The zero-order chi connectivity index (χ0) is 18.0. The minimum absolute atomic E-state index is 0.109. The highest BCUT2D eigenvalue weighted by Gasteiger charge is 2.16. The molecule has 0 unspecified atom stereocenters. The van der Waals surface area contributed by atoms with E-state index in [9.17, 15) is 14.7 Å². The second kappa shape index (κ2) is 7.14. The lowest BCUT2D eigenvalue weighted by Gasteiger charge is -2.09. The number of hydrogen-bond acceptors (Lipinski definition) is 5. The van der Waals surface area contributed by atoms with Gasteiger partial charge in [-0.15, -0.1) is 0 Å². The van der Waals surface area contributed by atoms with Gasteiger partial charge in [-0.05, 0) is 59.1 Å². The number of aryl methyl sites for hydroxylation is 2. The average Bonchev–Trinajstić information content (AvgIpc) is 2.90. The van der Waals surface area contributed by atoms with Crippen LogP contribution in [0.2, 0.25) is 0 Å². The van der Waals surface area contributed by atoms with E-state index in [1.54, 1.807) is 30.3 Å². The Morgan fingerprint density at radius 2 is 2.08 bits per heavy atom. The largest absolute Gasteiger partial charge is 0.506 e. The van der Waals surface area contributed by atoms with Crippen molar-refractivity contribution in [1.82, 2.24) is 4.57 Å². The summed E-state index contributed by atoms with van der Waals surface area (Å²) in [7, 11) is 0. The monoisotopic (exact) mass is 405 g/mol. The van der Waals surface area contributed by atoms with E-state index >= 15 is 0 Å². The first kappa shape index (κ1) is 17.3. The predicted molar refractivity (Wildman–Crippen MR) is 95.9 cm³/mol. The summed E-state index contributed by atoms with van der Waals surface area (Å²) >= 11 is 3.20. The number of oxazole rings is 1. The smallest absolute Gasteiger partial charge is 0.419 e. The number of ether oxygens (including phenoxy) is 1. The van der Waals surface area contributed by atoms with Crippen LogP contribution in [0.1, 0.15) is 22.3 Å². The van der Waals surface area contributed by atoms with Gasteiger partial charge in [0.1, 0.15) is 11.3 Å². The Bertz CT molecular complexity index is 989. The number of aromatic hydroxyl groups is 1. The Morgan fingerprint density at radius 1 is 1.32 bits per heavy atom. The number of aromatic nitrogens is 1. The first-order chi connectivity index (χ1) is 12.0. The summed E-state index contributed by atoms with van der Waals surface area (Å²) in [4.78, 5) is 24.0. The van der Waals surface area contributed by atoms with E-state index in [1.165, 1.54) is 4.57 Å². The van der Waals surface area contributed by atoms with Gasteiger partial charge >= 0.3 is 11.7 Å². The number of para-hydroxylation sites is 2. The van der Waals surface area contributed by atoms with E-state index in [4.69, 9.17) is 9.15 Å². The number of benzene rings is 2. The molecule has 2 aromatic carbocycles. The van der Waals surface area contributed by atoms with E-state index < -0.39 is 11.7 Å². The molecule has 1 aromatic heterocycles. The molecule has 0 saturated carbocycles. The fraction of sp³-hybridized carbons (Fsp3) is 0.222. The maximum atomic E-state index is 12.1. The van der Waals surface area contributed by atoms with Gasteiger partial charge in [0, 0.05) is 6.54 Å². The van der Waals surface area contributed by atoms with Crippen molar-refractivity contribution in [2.45, 2.75) is 19.9 Å². The minimum Gasteiger partial charge on any atom is -0.506 e. The van der Waals surface area contributed by atoms with Crippen LogP contribution in [0.4, 0.5) is 0 Å². The second-order valence-corrected chi connectivity index (χ2v) is 6.47. The topological polar surface area (TPSA) is 81.7 Å². The summed E-state index contributed by atoms with van der Waals surface area (Å²) in [5.74, 6) is -1.19. The number of rotatable bonds is 5. The number of phenols is 1. The van der Waals surface area contributed by atoms with Gasteiger partial charge in [0.15, 0.2) is 5.58 Å². The van der Waals surface area contributed by atoms with Gasteiger partial charge in [0.05, 0.1) is 16.6 Å². The van der Waals surface area contributed by atoms with Crippen molar-refractivity contribution < 1.29 is 19.1 Å². The number of hydrogen-bond donors (Lipinski definition) is 1. The molecule has 1 N–H and O–H groups in total. The third-order valence-corrected chi connectivity index (χ3v) is 4.37. The molecule has 7 heteroatoms. The summed E-state index contributed by atoms with van der Waals surface area (Å²) in [5, 5.41) is 9.95. The van der Waals surface area contributed by atoms with E-state index in [0.29, 0.717) is 28.5 Å².